The number of aromatic nitrogens is 4. The molecule has 1 unspecified atom stereocenters. The molecule has 14 heteroatoms. The first-order valence-electron chi connectivity index (χ1n) is 14.0. The number of aliphatic carboxylic acids is 1. The minimum Gasteiger partial charge on any atom is -0.481 e. The quantitative estimate of drug-likeness (QED) is 0.116. The minimum absolute atomic E-state index is 0.0155. The molecule has 4 aromatic rings. The first-order valence-corrected chi connectivity index (χ1v) is 14.0. The number of amides is 1. The van der Waals surface area contributed by atoms with Crippen LogP contribution in [-0.4, -0.2) is 62.5 Å². The van der Waals surface area contributed by atoms with Crippen molar-refractivity contribution in [3.63, 3.8) is 0 Å². The molecule has 232 valence electrons. The Balaban J connectivity index is 0.00000259. The van der Waals surface area contributed by atoms with E-state index in [1.165, 1.54) is 0 Å². The maximum absolute atomic E-state index is 13.0. The fraction of sp³-hybridized carbons (Fsp3) is 0.300. The first-order chi connectivity index (χ1) is 21.1. The first kappa shape index (κ1) is 33.1. The summed E-state index contributed by atoms with van der Waals surface area (Å²) in [6, 6.07) is 12.3. The lowest BCUT2D eigenvalue weighted by atomic mass is 10.1. The Hall–Kier alpha value is -5.37. The zero-order valence-corrected chi connectivity index (χ0v) is 24.9. The van der Waals surface area contributed by atoms with Gasteiger partial charge in [0.15, 0.2) is 17.0 Å². The molecule has 1 amide bonds. The van der Waals surface area contributed by atoms with Crippen LogP contribution in [0.1, 0.15) is 48.3 Å². The molecule has 2 aromatic heterocycles. The number of carboxylic acids is 1. The van der Waals surface area contributed by atoms with Gasteiger partial charge in [0, 0.05) is 24.7 Å². The predicted octanol–water partition coefficient (Wildman–Crippen LogP) is 2.32. The molecular weight excluding hydrogens is 566 g/mol. The van der Waals surface area contributed by atoms with E-state index in [4.69, 9.17) is 27.0 Å². The number of carboxylic acid groups (broad SMARTS) is 1. The summed E-state index contributed by atoms with van der Waals surface area (Å²) in [7, 11) is 1.84. The third kappa shape index (κ3) is 9.06. The van der Waals surface area contributed by atoms with Gasteiger partial charge in [0.1, 0.15) is 11.8 Å². The SMILES string of the molecule is CC.CN(Cc1cnc2nc(N)nc(N)c2n1)c1ccc(C(=O)NC(CCC(=O)O)C(=O)Oc2ccc(CCN)cc2)cc1. The van der Waals surface area contributed by atoms with Gasteiger partial charge in [-0.1, -0.05) is 26.0 Å². The van der Waals surface area contributed by atoms with Crippen molar-refractivity contribution in [3.05, 3.63) is 71.5 Å². The molecule has 0 saturated heterocycles. The normalized spacial score (nSPS) is 11.2. The Morgan fingerprint density at radius 1 is 1.00 bits per heavy atom. The second-order valence-electron chi connectivity index (χ2n) is 9.47. The summed E-state index contributed by atoms with van der Waals surface area (Å²) in [5, 5.41) is 11.7. The Kier molecular flexibility index (Phi) is 11.9. The molecule has 2 heterocycles. The van der Waals surface area contributed by atoms with E-state index in [0.717, 1.165) is 11.3 Å². The number of hydrogen-bond acceptors (Lipinski definition) is 12. The van der Waals surface area contributed by atoms with Gasteiger partial charge in [-0.2, -0.15) is 9.97 Å². The van der Waals surface area contributed by atoms with Crippen LogP contribution in [0.15, 0.2) is 54.7 Å². The topological polar surface area (TPSA) is 226 Å². The summed E-state index contributed by atoms with van der Waals surface area (Å²) >= 11 is 0. The lowest BCUT2D eigenvalue weighted by Gasteiger charge is -2.20. The van der Waals surface area contributed by atoms with Gasteiger partial charge in [0.25, 0.3) is 5.91 Å². The zero-order valence-electron chi connectivity index (χ0n) is 24.9. The number of anilines is 3. The van der Waals surface area contributed by atoms with Gasteiger partial charge in [-0.15, -0.1) is 0 Å². The number of ether oxygens (including phenoxy) is 1. The van der Waals surface area contributed by atoms with Gasteiger partial charge >= 0.3 is 11.9 Å². The number of nitrogens with zero attached hydrogens (tertiary/aromatic N) is 5. The highest BCUT2D eigenvalue weighted by molar-refractivity contribution is 5.97. The smallest absolute Gasteiger partial charge is 0.334 e. The summed E-state index contributed by atoms with van der Waals surface area (Å²) in [4.78, 5) is 55.6. The fourth-order valence-electron chi connectivity index (χ4n) is 4.10. The van der Waals surface area contributed by atoms with E-state index in [1.54, 1.807) is 54.7 Å². The van der Waals surface area contributed by atoms with E-state index in [2.05, 4.69) is 25.3 Å². The lowest BCUT2D eigenvalue weighted by molar-refractivity contribution is -0.138. The van der Waals surface area contributed by atoms with Gasteiger partial charge in [0.05, 0.1) is 18.4 Å². The van der Waals surface area contributed by atoms with E-state index in [9.17, 15) is 14.4 Å². The molecule has 0 radical (unpaired) electrons. The van der Waals surface area contributed by atoms with Crippen molar-refractivity contribution in [2.45, 2.75) is 45.7 Å². The highest BCUT2D eigenvalue weighted by Crippen LogP contribution is 2.19. The third-order valence-electron chi connectivity index (χ3n) is 6.28. The van der Waals surface area contributed by atoms with E-state index in [0.29, 0.717) is 36.4 Å². The molecule has 8 N–H and O–H groups in total. The van der Waals surface area contributed by atoms with Gasteiger partial charge in [-0.05, 0) is 61.3 Å². The molecule has 14 nitrogen and oxygen atoms in total. The number of rotatable bonds is 12. The number of hydrogen-bond donors (Lipinski definition) is 5. The van der Waals surface area contributed by atoms with Gasteiger partial charge < -0.3 is 37.3 Å². The standard InChI is InChI=1S/C28H31N9O5.C2H6/c1-37(15-18-14-32-25-23(33-18)24(30)35-28(31)36-25)19-6-4-17(5-7-19)26(40)34-21(10-11-22(38)39)27(41)42-20-8-2-16(3-9-20)12-13-29;1-2/h2-9,14,21H,10-13,15,29H2,1H3,(H,34,40)(H,38,39)(H4,30,31,32,35,36);1-2H3. The van der Waals surface area contributed by atoms with Crippen LogP contribution in [0, 0.1) is 0 Å². The number of fused-ring (bicyclic) bond motifs is 1. The molecule has 0 fully saturated rings. The Labute approximate surface area is 254 Å². The lowest BCUT2D eigenvalue weighted by Crippen LogP contribution is -2.43. The van der Waals surface area contributed by atoms with Crippen LogP contribution < -0.4 is 32.2 Å². The molecule has 0 spiro atoms. The molecule has 0 aliphatic heterocycles. The number of nitrogen functional groups attached to an aromatic ring is 2. The summed E-state index contributed by atoms with van der Waals surface area (Å²) in [5.74, 6) is -1.99. The van der Waals surface area contributed by atoms with Crippen LogP contribution in [0.3, 0.4) is 0 Å². The van der Waals surface area contributed by atoms with Crippen molar-refractivity contribution < 1.29 is 24.2 Å². The highest BCUT2D eigenvalue weighted by Gasteiger charge is 2.24. The molecule has 0 aliphatic carbocycles. The van der Waals surface area contributed by atoms with Crippen LogP contribution in [0.2, 0.25) is 0 Å². The van der Waals surface area contributed by atoms with Gasteiger partial charge in [-0.3, -0.25) is 9.59 Å². The number of benzene rings is 2. The third-order valence-corrected chi connectivity index (χ3v) is 6.28. The van der Waals surface area contributed by atoms with Crippen LogP contribution in [-0.2, 0) is 22.6 Å². The summed E-state index contributed by atoms with van der Waals surface area (Å²) in [5.41, 5.74) is 20.4. The van der Waals surface area contributed by atoms with E-state index >= 15 is 0 Å². The van der Waals surface area contributed by atoms with E-state index in [-0.39, 0.29) is 35.9 Å². The fourth-order valence-corrected chi connectivity index (χ4v) is 4.10. The molecule has 0 bridgehead atoms. The number of carbonyl (C=O) groups excluding carboxylic acids is 2. The Morgan fingerprint density at radius 3 is 2.32 bits per heavy atom. The van der Waals surface area contributed by atoms with Crippen molar-refractivity contribution in [2.75, 3.05) is 30.0 Å². The van der Waals surface area contributed by atoms with Crippen molar-refractivity contribution in [3.8, 4) is 5.75 Å². The van der Waals surface area contributed by atoms with Crippen molar-refractivity contribution >= 4 is 46.5 Å². The highest BCUT2D eigenvalue weighted by atomic mass is 16.5. The number of esters is 1. The maximum Gasteiger partial charge on any atom is 0.334 e. The summed E-state index contributed by atoms with van der Waals surface area (Å²) in [6.45, 7) is 4.86. The number of nitrogens with two attached hydrogens (primary N) is 3. The molecule has 4 rings (SSSR count). The summed E-state index contributed by atoms with van der Waals surface area (Å²) < 4.78 is 5.41. The molecule has 0 saturated carbocycles. The van der Waals surface area contributed by atoms with E-state index in [1.807, 2.05) is 25.8 Å². The van der Waals surface area contributed by atoms with Crippen LogP contribution in [0.4, 0.5) is 17.5 Å². The Bertz CT molecular complexity index is 1580. The largest absolute Gasteiger partial charge is 0.481 e. The average molecular weight is 604 g/mol. The molecule has 2 aromatic carbocycles. The molecular formula is C30H37N9O5. The number of nitrogens with one attached hydrogen (secondary N) is 1. The second kappa shape index (κ2) is 15.7. The summed E-state index contributed by atoms with van der Waals surface area (Å²) in [6.07, 6.45) is 1.78. The van der Waals surface area contributed by atoms with Gasteiger partial charge in [-0.25, -0.2) is 14.8 Å². The van der Waals surface area contributed by atoms with Crippen LogP contribution in [0.25, 0.3) is 11.2 Å². The van der Waals surface area contributed by atoms with Crippen molar-refractivity contribution in [1.29, 1.82) is 0 Å². The average Bonchev–Trinajstić information content (AvgIpc) is 3.01. The molecule has 1 atom stereocenters. The minimum atomic E-state index is -1.17. The molecule has 44 heavy (non-hydrogen) atoms. The zero-order chi connectivity index (χ0) is 32.2. The van der Waals surface area contributed by atoms with Crippen molar-refractivity contribution in [2.24, 2.45) is 5.73 Å². The van der Waals surface area contributed by atoms with Crippen molar-refractivity contribution in [1.82, 2.24) is 25.3 Å². The predicted molar refractivity (Wildman–Crippen MR) is 167 cm³/mol. The van der Waals surface area contributed by atoms with Crippen LogP contribution >= 0.6 is 0 Å². The monoisotopic (exact) mass is 603 g/mol. The van der Waals surface area contributed by atoms with Gasteiger partial charge in [0.2, 0.25) is 5.95 Å². The maximum atomic E-state index is 13.0. The Morgan fingerprint density at radius 2 is 1.68 bits per heavy atom. The van der Waals surface area contributed by atoms with Crippen LogP contribution in [0.5, 0.6) is 5.75 Å². The molecule has 0 aliphatic rings. The van der Waals surface area contributed by atoms with E-state index < -0.39 is 23.9 Å². The number of carbonyl (C=O) groups is 3. The second-order valence-corrected chi connectivity index (χ2v) is 9.47.